The summed E-state index contributed by atoms with van der Waals surface area (Å²) in [6, 6.07) is 22.4. The lowest BCUT2D eigenvalue weighted by molar-refractivity contribution is 0.174. The lowest BCUT2D eigenvalue weighted by Gasteiger charge is -2.36. The molecule has 1 fully saturated rings. The smallest absolute Gasteiger partial charge is 0.233 e. The number of nitrogens with zero attached hydrogens (tertiary/aromatic N) is 2. The molecule has 2 aliphatic heterocycles. The van der Waals surface area contributed by atoms with E-state index >= 15 is 0 Å². The van der Waals surface area contributed by atoms with Crippen LogP contribution >= 0.6 is 0 Å². The molecule has 0 spiro atoms. The number of fused-ring (bicyclic) bond motifs is 1. The highest BCUT2D eigenvalue weighted by Gasteiger charge is 2.19. The Morgan fingerprint density at radius 2 is 1.60 bits per heavy atom. The van der Waals surface area contributed by atoms with Gasteiger partial charge in [-0.25, -0.2) is 0 Å². The van der Waals surface area contributed by atoms with E-state index < -0.39 is 0 Å². The summed E-state index contributed by atoms with van der Waals surface area (Å²) < 4.78 is 11.0. The van der Waals surface area contributed by atoms with Gasteiger partial charge in [0.2, 0.25) is 13.1 Å². The van der Waals surface area contributed by atoms with Crippen LogP contribution in [0.15, 0.2) is 66.7 Å². The van der Waals surface area contributed by atoms with Crippen molar-refractivity contribution in [2.75, 3.05) is 37.9 Å². The third kappa shape index (κ3) is 3.76. The first-order valence-electron chi connectivity index (χ1n) is 10.2. The average molecular weight is 399 g/mol. The molecule has 151 valence electrons. The van der Waals surface area contributed by atoms with Crippen LogP contribution in [0.2, 0.25) is 0 Å². The largest absolute Gasteiger partial charge is 0.454 e. The quantitative estimate of drug-likeness (QED) is 0.652. The number of hydrogen-bond donors (Lipinski definition) is 0. The molecule has 5 heteroatoms. The van der Waals surface area contributed by atoms with Crippen LogP contribution in [0, 0.1) is 0 Å². The molecule has 0 saturated carbocycles. The van der Waals surface area contributed by atoms with Gasteiger partial charge in [-0.05, 0) is 53.1 Å². The van der Waals surface area contributed by atoms with Gasteiger partial charge >= 0.3 is 0 Å². The Kier molecular flexibility index (Phi) is 5.11. The molecule has 0 atom stereocenters. The van der Waals surface area contributed by atoms with E-state index in [1.165, 1.54) is 11.1 Å². The molecule has 0 bridgehead atoms. The molecular formula is C25H23N2O3. The van der Waals surface area contributed by atoms with E-state index in [0.29, 0.717) is 12.4 Å². The van der Waals surface area contributed by atoms with Gasteiger partial charge in [-0.2, -0.15) is 0 Å². The molecule has 2 aliphatic rings. The monoisotopic (exact) mass is 399 g/mol. The van der Waals surface area contributed by atoms with Gasteiger partial charge in [-0.1, -0.05) is 30.3 Å². The van der Waals surface area contributed by atoms with Crippen molar-refractivity contribution in [2.45, 2.75) is 6.54 Å². The summed E-state index contributed by atoms with van der Waals surface area (Å²) >= 11 is 0. The van der Waals surface area contributed by atoms with Crippen molar-refractivity contribution >= 4 is 12.0 Å². The summed E-state index contributed by atoms with van der Waals surface area (Å²) in [5.74, 6) is 1.63. The van der Waals surface area contributed by atoms with E-state index in [4.69, 9.17) is 9.47 Å². The van der Waals surface area contributed by atoms with E-state index in [-0.39, 0.29) is 0 Å². The normalized spacial score (nSPS) is 15.9. The van der Waals surface area contributed by atoms with E-state index in [1.807, 2.05) is 36.6 Å². The van der Waals surface area contributed by atoms with Gasteiger partial charge in [0.05, 0.1) is 0 Å². The Hall–Kier alpha value is -3.31. The molecule has 5 nitrogen and oxygen atoms in total. The lowest BCUT2D eigenvalue weighted by Crippen LogP contribution is -2.46. The Labute approximate surface area is 176 Å². The minimum atomic E-state index is 0.292. The average Bonchev–Trinajstić information content (AvgIpc) is 3.28. The molecular weight excluding hydrogens is 376 g/mol. The Morgan fingerprint density at radius 3 is 2.40 bits per heavy atom. The molecule has 0 unspecified atom stereocenters. The fraction of sp³-hybridized carbons (Fsp3) is 0.240. The predicted octanol–water partition coefficient (Wildman–Crippen LogP) is 3.86. The fourth-order valence-corrected chi connectivity index (χ4v) is 4.15. The van der Waals surface area contributed by atoms with Gasteiger partial charge in [-0.3, -0.25) is 9.69 Å². The van der Waals surface area contributed by atoms with E-state index in [1.54, 1.807) is 0 Å². The topological polar surface area (TPSA) is 42.0 Å². The number of piperazine rings is 1. The van der Waals surface area contributed by atoms with Crippen LogP contribution in [-0.4, -0.2) is 44.2 Å². The maximum absolute atomic E-state index is 10.7. The van der Waals surface area contributed by atoms with E-state index in [9.17, 15) is 4.79 Å². The van der Waals surface area contributed by atoms with Gasteiger partial charge in [-0.15, -0.1) is 0 Å². The van der Waals surface area contributed by atoms with Crippen LogP contribution in [0.25, 0.3) is 11.1 Å². The molecule has 0 aliphatic carbocycles. The molecule has 1 saturated heterocycles. The van der Waals surface area contributed by atoms with Crippen LogP contribution in [-0.2, 0) is 11.3 Å². The first-order chi connectivity index (χ1) is 14.8. The Bertz CT molecular complexity index is 1040. The summed E-state index contributed by atoms with van der Waals surface area (Å²) in [5, 5.41) is 0. The molecule has 3 aromatic rings. The second kappa shape index (κ2) is 8.20. The second-order valence-electron chi connectivity index (χ2n) is 7.64. The molecule has 5 rings (SSSR count). The highest BCUT2D eigenvalue weighted by atomic mass is 16.7. The first-order valence-corrected chi connectivity index (χ1v) is 10.2. The highest BCUT2D eigenvalue weighted by molar-refractivity contribution is 5.76. The summed E-state index contributed by atoms with van der Waals surface area (Å²) in [4.78, 5) is 15.6. The van der Waals surface area contributed by atoms with Gasteiger partial charge in [0.1, 0.15) is 0 Å². The third-order valence-electron chi connectivity index (χ3n) is 5.82. The minimum Gasteiger partial charge on any atom is -0.454 e. The van der Waals surface area contributed by atoms with Crippen LogP contribution in [0.1, 0.15) is 11.1 Å². The fourth-order valence-electron chi connectivity index (χ4n) is 4.15. The van der Waals surface area contributed by atoms with Crippen LogP contribution < -0.4 is 14.4 Å². The van der Waals surface area contributed by atoms with Crippen LogP contribution in [0.3, 0.4) is 0 Å². The van der Waals surface area contributed by atoms with Gasteiger partial charge in [0.25, 0.3) is 0 Å². The second-order valence-corrected chi connectivity index (χ2v) is 7.64. The molecule has 0 aromatic heterocycles. The zero-order valence-electron chi connectivity index (χ0n) is 16.7. The van der Waals surface area contributed by atoms with Crippen molar-refractivity contribution < 1.29 is 14.3 Å². The van der Waals surface area contributed by atoms with Gasteiger partial charge in [0, 0.05) is 44.0 Å². The lowest BCUT2D eigenvalue weighted by atomic mass is 9.98. The SMILES string of the molecule is O=[C]c1ccc(N2CCN(Cc3ccccc3-c3ccc4c(c3)OCO4)CC2)cc1. The summed E-state index contributed by atoms with van der Waals surface area (Å²) in [7, 11) is 0. The molecule has 30 heavy (non-hydrogen) atoms. The number of rotatable bonds is 5. The molecule has 1 radical (unpaired) electrons. The molecule has 2 heterocycles. The van der Waals surface area contributed by atoms with E-state index in [0.717, 1.165) is 55.5 Å². The number of carbonyl (C=O) groups excluding carboxylic acids is 1. The standard InChI is InChI=1S/C25H23N2O3/c28-17-19-5-8-22(9-6-19)27-13-11-26(12-14-27)16-21-3-1-2-4-23(21)20-7-10-24-25(15-20)30-18-29-24/h1-10,15H,11-14,16,18H2. The van der Waals surface area contributed by atoms with Crippen molar-refractivity contribution in [3.63, 3.8) is 0 Å². The van der Waals surface area contributed by atoms with Crippen molar-refractivity contribution in [2.24, 2.45) is 0 Å². The Morgan fingerprint density at radius 1 is 0.833 bits per heavy atom. The third-order valence-corrected chi connectivity index (χ3v) is 5.82. The van der Waals surface area contributed by atoms with Gasteiger partial charge < -0.3 is 14.4 Å². The minimum absolute atomic E-state index is 0.292. The van der Waals surface area contributed by atoms with Crippen molar-refractivity contribution in [3.05, 3.63) is 77.9 Å². The summed E-state index contributed by atoms with van der Waals surface area (Å²) in [6.07, 6.45) is 1.93. The van der Waals surface area contributed by atoms with Crippen LogP contribution in [0.4, 0.5) is 5.69 Å². The number of benzene rings is 3. The molecule has 0 amide bonds. The molecule has 3 aromatic carbocycles. The number of anilines is 1. The van der Waals surface area contributed by atoms with Gasteiger partial charge in [0.15, 0.2) is 11.5 Å². The maximum atomic E-state index is 10.7. The number of hydrogen-bond acceptors (Lipinski definition) is 5. The Balaban J connectivity index is 1.27. The first kappa shape index (κ1) is 18.7. The number of ether oxygens (including phenoxy) is 2. The van der Waals surface area contributed by atoms with Crippen molar-refractivity contribution in [1.82, 2.24) is 4.90 Å². The molecule has 0 N–H and O–H groups in total. The van der Waals surface area contributed by atoms with Crippen molar-refractivity contribution in [3.8, 4) is 22.6 Å². The highest BCUT2D eigenvalue weighted by Crippen LogP contribution is 2.37. The maximum Gasteiger partial charge on any atom is 0.233 e. The van der Waals surface area contributed by atoms with Crippen LogP contribution in [0.5, 0.6) is 11.5 Å². The predicted molar refractivity (Wildman–Crippen MR) is 117 cm³/mol. The van der Waals surface area contributed by atoms with E-state index in [2.05, 4.69) is 46.2 Å². The summed E-state index contributed by atoms with van der Waals surface area (Å²) in [6.45, 7) is 5.14. The zero-order valence-corrected chi connectivity index (χ0v) is 16.7. The summed E-state index contributed by atoms with van der Waals surface area (Å²) in [5.41, 5.74) is 5.46. The zero-order chi connectivity index (χ0) is 20.3. The van der Waals surface area contributed by atoms with Crippen molar-refractivity contribution in [1.29, 1.82) is 0 Å².